The monoisotopic (exact) mass is 354 g/mol. The van der Waals surface area contributed by atoms with Gasteiger partial charge in [-0.15, -0.1) is 0 Å². The Balaban J connectivity index is 1.55. The number of nitrogens with zero attached hydrogens (tertiary/aromatic N) is 3. The fourth-order valence-corrected chi connectivity index (χ4v) is 3.18. The van der Waals surface area contributed by atoms with Crippen molar-refractivity contribution in [1.82, 2.24) is 9.38 Å². The summed E-state index contributed by atoms with van der Waals surface area (Å²) in [6, 6.07) is 10.6. The lowest BCUT2D eigenvalue weighted by Gasteiger charge is -2.28. The molecule has 0 spiro atoms. The highest BCUT2D eigenvalue weighted by Crippen LogP contribution is 2.20. The largest absolute Gasteiger partial charge is 0.378 e. The van der Waals surface area contributed by atoms with Gasteiger partial charge in [-0.05, 0) is 43.3 Å². The number of hydrogen-bond acceptors (Lipinski definition) is 4. The number of amides is 1. The fraction of sp³-hybridized carbons (Fsp3) is 0.263. The minimum atomic E-state index is -0.418. The molecule has 134 valence electrons. The van der Waals surface area contributed by atoms with Crippen LogP contribution in [0.1, 0.15) is 16.2 Å². The number of pyridine rings is 1. The maximum atomic E-state index is 13.5. The molecule has 0 saturated carbocycles. The molecular formula is C19H19FN4O2. The Morgan fingerprint density at radius 1 is 1.15 bits per heavy atom. The van der Waals surface area contributed by atoms with Gasteiger partial charge in [0, 0.05) is 30.7 Å². The van der Waals surface area contributed by atoms with Gasteiger partial charge >= 0.3 is 0 Å². The minimum Gasteiger partial charge on any atom is -0.378 e. The van der Waals surface area contributed by atoms with Gasteiger partial charge in [-0.1, -0.05) is 0 Å². The van der Waals surface area contributed by atoms with Crippen LogP contribution in [-0.2, 0) is 4.74 Å². The number of anilines is 2. The van der Waals surface area contributed by atoms with Crippen LogP contribution < -0.4 is 10.2 Å². The van der Waals surface area contributed by atoms with Crippen molar-refractivity contribution in [3.8, 4) is 0 Å². The molecule has 0 radical (unpaired) electrons. The molecule has 4 rings (SSSR count). The maximum Gasteiger partial charge on any atom is 0.274 e. The zero-order valence-electron chi connectivity index (χ0n) is 14.4. The fourth-order valence-electron chi connectivity index (χ4n) is 3.18. The molecule has 6 nitrogen and oxygen atoms in total. The molecule has 3 heterocycles. The average Bonchev–Trinajstić information content (AvgIpc) is 2.98. The molecule has 1 aromatic carbocycles. The molecule has 1 amide bonds. The first-order chi connectivity index (χ1) is 12.6. The number of imidazole rings is 1. The number of benzene rings is 1. The number of hydrogen-bond donors (Lipinski definition) is 1. The Labute approximate surface area is 150 Å². The number of nitrogens with one attached hydrogen (secondary N) is 1. The maximum absolute atomic E-state index is 13.5. The van der Waals surface area contributed by atoms with Crippen molar-refractivity contribution >= 4 is 22.9 Å². The van der Waals surface area contributed by atoms with Gasteiger partial charge in [-0.25, -0.2) is 9.37 Å². The SMILES string of the molecule is Cc1nc2ccc(F)cn2c1C(=O)Nc1ccc(N2CCOCC2)cc1. The second-order valence-electron chi connectivity index (χ2n) is 6.22. The predicted octanol–water partition coefficient (Wildman–Crippen LogP) is 2.87. The summed E-state index contributed by atoms with van der Waals surface area (Å²) in [6.45, 7) is 4.91. The third-order valence-electron chi connectivity index (χ3n) is 4.47. The van der Waals surface area contributed by atoms with Crippen molar-refractivity contribution in [2.75, 3.05) is 36.5 Å². The van der Waals surface area contributed by atoms with Crippen molar-refractivity contribution in [3.63, 3.8) is 0 Å². The molecule has 0 aliphatic carbocycles. The number of aromatic nitrogens is 2. The van der Waals surface area contributed by atoms with Crippen molar-refractivity contribution in [2.45, 2.75) is 6.92 Å². The Bertz CT molecular complexity index is 946. The Kier molecular flexibility index (Phi) is 4.30. The molecule has 3 aromatic rings. The molecule has 1 aliphatic rings. The second-order valence-corrected chi connectivity index (χ2v) is 6.22. The average molecular weight is 354 g/mol. The van der Waals surface area contributed by atoms with Crippen molar-refractivity contribution in [3.05, 3.63) is 59.8 Å². The van der Waals surface area contributed by atoms with Gasteiger partial charge in [0.1, 0.15) is 17.2 Å². The molecule has 1 aliphatic heterocycles. The molecule has 0 atom stereocenters. The Morgan fingerprint density at radius 3 is 2.62 bits per heavy atom. The highest BCUT2D eigenvalue weighted by atomic mass is 19.1. The highest BCUT2D eigenvalue weighted by Gasteiger charge is 2.17. The molecular weight excluding hydrogens is 335 g/mol. The summed E-state index contributed by atoms with van der Waals surface area (Å²) in [7, 11) is 0. The van der Waals surface area contributed by atoms with E-state index < -0.39 is 5.82 Å². The third-order valence-corrected chi connectivity index (χ3v) is 4.47. The van der Waals surface area contributed by atoms with Gasteiger partial charge in [0.2, 0.25) is 0 Å². The zero-order valence-corrected chi connectivity index (χ0v) is 14.4. The first-order valence-electron chi connectivity index (χ1n) is 8.50. The molecule has 1 saturated heterocycles. The number of carbonyl (C=O) groups excluding carboxylic acids is 1. The van der Waals surface area contributed by atoms with Gasteiger partial charge in [0.05, 0.1) is 18.9 Å². The van der Waals surface area contributed by atoms with Gasteiger partial charge in [-0.2, -0.15) is 0 Å². The van der Waals surface area contributed by atoms with Crippen LogP contribution in [-0.4, -0.2) is 41.6 Å². The topological polar surface area (TPSA) is 58.9 Å². The van der Waals surface area contributed by atoms with Crippen molar-refractivity contribution in [1.29, 1.82) is 0 Å². The van der Waals surface area contributed by atoms with E-state index in [1.807, 2.05) is 24.3 Å². The van der Waals surface area contributed by atoms with E-state index in [4.69, 9.17) is 4.74 Å². The zero-order chi connectivity index (χ0) is 18.1. The summed E-state index contributed by atoms with van der Waals surface area (Å²) in [6.07, 6.45) is 1.27. The highest BCUT2D eigenvalue weighted by molar-refractivity contribution is 6.04. The summed E-state index contributed by atoms with van der Waals surface area (Å²) in [4.78, 5) is 19.2. The lowest BCUT2D eigenvalue weighted by molar-refractivity contribution is 0.102. The number of halogens is 1. The van der Waals surface area contributed by atoms with Crippen LogP contribution in [0.25, 0.3) is 5.65 Å². The standard InChI is InChI=1S/C19H19FN4O2/c1-13-18(24-12-14(20)2-7-17(24)21-13)19(25)22-15-3-5-16(6-4-15)23-8-10-26-11-9-23/h2-7,12H,8-11H2,1H3,(H,22,25). The van der Waals surface area contributed by atoms with Crippen LogP contribution in [0.15, 0.2) is 42.6 Å². The van der Waals surface area contributed by atoms with Gasteiger partial charge in [0.15, 0.2) is 0 Å². The van der Waals surface area contributed by atoms with E-state index in [0.29, 0.717) is 22.7 Å². The first kappa shape index (κ1) is 16.5. The van der Waals surface area contributed by atoms with E-state index in [1.54, 1.807) is 13.0 Å². The number of carbonyl (C=O) groups is 1. The van der Waals surface area contributed by atoms with Crippen LogP contribution >= 0.6 is 0 Å². The van der Waals surface area contributed by atoms with Gasteiger partial charge in [0.25, 0.3) is 5.91 Å². The van der Waals surface area contributed by atoms with E-state index in [0.717, 1.165) is 32.0 Å². The number of fused-ring (bicyclic) bond motifs is 1. The molecule has 7 heteroatoms. The third kappa shape index (κ3) is 3.13. The van der Waals surface area contributed by atoms with Crippen LogP contribution in [0.4, 0.5) is 15.8 Å². The normalized spacial score (nSPS) is 14.6. The molecule has 1 N–H and O–H groups in total. The van der Waals surface area contributed by atoms with Crippen molar-refractivity contribution < 1.29 is 13.9 Å². The summed E-state index contributed by atoms with van der Waals surface area (Å²) in [5, 5.41) is 2.86. The summed E-state index contributed by atoms with van der Waals surface area (Å²) in [5.41, 5.74) is 3.20. The summed E-state index contributed by atoms with van der Waals surface area (Å²) in [5.74, 6) is -0.737. The van der Waals surface area contributed by atoms with Crippen LogP contribution in [0.2, 0.25) is 0 Å². The lowest BCUT2D eigenvalue weighted by atomic mass is 10.2. The number of ether oxygens (including phenoxy) is 1. The summed E-state index contributed by atoms with van der Waals surface area (Å²) < 4.78 is 20.4. The van der Waals surface area contributed by atoms with E-state index in [2.05, 4.69) is 15.2 Å². The smallest absolute Gasteiger partial charge is 0.274 e. The van der Waals surface area contributed by atoms with E-state index >= 15 is 0 Å². The van der Waals surface area contributed by atoms with Crippen molar-refractivity contribution in [2.24, 2.45) is 0 Å². The van der Waals surface area contributed by atoms with E-state index in [9.17, 15) is 9.18 Å². The molecule has 0 bridgehead atoms. The summed E-state index contributed by atoms with van der Waals surface area (Å²) >= 11 is 0. The molecule has 26 heavy (non-hydrogen) atoms. The van der Waals surface area contributed by atoms with Crippen LogP contribution in [0.3, 0.4) is 0 Å². The van der Waals surface area contributed by atoms with E-state index in [-0.39, 0.29) is 5.91 Å². The molecule has 1 fully saturated rings. The molecule has 0 unspecified atom stereocenters. The van der Waals surface area contributed by atoms with Gasteiger partial charge in [-0.3, -0.25) is 9.20 Å². The molecule has 2 aromatic heterocycles. The lowest BCUT2D eigenvalue weighted by Crippen LogP contribution is -2.36. The Hall–Kier alpha value is -2.93. The van der Waals surface area contributed by atoms with E-state index in [1.165, 1.54) is 16.7 Å². The Morgan fingerprint density at radius 2 is 1.88 bits per heavy atom. The predicted molar refractivity (Wildman–Crippen MR) is 97.3 cm³/mol. The number of morpholine rings is 1. The second kappa shape index (κ2) is 6.76. The quantitative estimate of drug-likeness (QED) is 0.786. The van der Waals surface area contributed by atoms with Crippen LogP contribution in [0.5, 0.6) is 0 Å². The first-order valence-corrected chi connectivity index (χ1v) is 8.50. The number of rotatable bonds is 3. The minimum absolute atomic E-state index is 0.320. The van der Waals surface area contributed by atoms with Gasteiger partial charge < -0.3 is 15.0 Å². The number of aryl methyl sites for hydroxylation is 1. The van der Waals surface area contributed by atoms with Crippen LogP contribution in [0, 0.1) is 12.7 Å².